The van der Waals surface area contributed by atoms with Crippen molar-refractivity contribution in [3.8, 4) is 0 Å². The van der Waals surface area contributed by atoms with Crippen LogP contribution in [-0.4, -0.2) is 38.9 Å². The van der Waals surface area contributed by atoms with Gasteiger partial charge in [0.15, 0.2) is 0 Å². The van der Waals surface area contributed by atoms with E-state index in [1.54, 1.807) is 0 Å². The molecule has 0 spiro atoms. The maximum absolute atomic E-state index is 12.5. The molecule has 2 N–H and O–H groups in total. The normalized spacial score (nSPS) is 18.0. The lowest BCUT2D eigenvalue weighted by molar-refractivity contribution is -0.137. The van der Waals surface area contributed by atoms with Crippen LogP contribution in [0, 0.1) is 0 Å². The van der Waals surface area contributed by atoms with Gasteiger partial charge in [0.1, 0.15) is 0 Å². The van der Waals surface area contributed by atoms with E-state index >= 15 is 0 Å². The third kappa shape index (κ3) is 4.69. The summed E-state index contributed by atoms with van der Waals surface area (Å²) in [5.41, 5.74) is -1.57. The molecule has 1 aliphatic carbocycles. The van der Waals surface area contributed by atoms with E-state index in [9.17, 15) is 21.6 Å². The first-order valence-electron chi connectivity index (χ1n) is 7.60. The standard InChI is InChI=1S/C15H20F3NO4S/c16-15(17,18)12-3-5-13(6-4-12)24(21,22)19-11-14(23-10-9-20)7-1-2-8-14/h3-6,19-20H,1-2,7-11H2. The van der Waals surface area contributed by atoms with Crippen LogP contribution in [-0.2, 0) is 20.9 Å². The molecule has 9 heteroatoms. The Bertz CT molecular complexity index is 638. The monoisotopic (exact) mass is 367 g/mol. The second kappa shape index (κ2) is 7.38. The first-order valence-corrected chi connectivity index (χ1v) is 9.09. The van der Waals surface area contributed by atoms with Crippen LogP contribution in [0.15, 0.2) is 29.2 Å². The molecule has 5 nitrogen and oxygen atoms in total. The summed E-state index contributed by atoms with van der Waals surface area (Å²) in [5.74, 6) is 0. The summed E-state index contributed by atoms with van der Waals surface area (Å²) < 4.78 is 70.2. The molecule has 0 radical (unpaired) electrons. The van der Waals surface area contributed by atoms with Gasteiger partial charge >= 0.3 is 6.18 Å². The number of nitrogens with one attached hydrogen (secondary N) is 1. The smallest absolute Gasteiger partial charge is 0.394 e. The number of hydrogen-bond donors (Lipinski definition) is 2. The zero-order chi connectivity index (χ0) is 17.8. The summed E-state index contributed by atoms with van der Waals surface area (Å²) in [5, 5.41) is 8.88. The van der Waals surface area contributed by atoms with Crippen molar-refractivity contribution in [1.29, 1.82) is 0 Å². The summed E-state index contributed by atoms with van der Waals surface area (Å²) >= 11 is 0. The number of aliphatic hydroxyl groups is 1. The summed E-state index contributed by atoms with van der Waals surface area (Å²) in [6.07, 6.45) is -1.38. The van der Waals surface area contributed by atoms with Crippen LogP contribution >= 0.6 is 0 Å². The third-order valence-corrected chi connectivity index (χ3v) is 5.51. The lowest BCUT2D eigenvalue weighted by atomic mass is 10.0. The maximum Gasteiger partial charge on any atom is 0.416 e. The van der Waals surface area contributed by atoms with Gasteiger partial charge in [0.05, 0.1) is 29.3 Å². The van der Waals surface area contributed by atoms with Crippen LogP contribution < -0.4 is 4.72 Å². The Morgan fingerprint density at radius 3 is 2.25 bits per heavy atom. The highest BCUT2D eigenvalue weighted by molar-refractivity contribution is 7.89. The highest BCUT2D eigenvalue weighted by Gasteiger charge is 2.36. The predicted octanol–water partition coefficient (Wildman–Crippen LogP) is 2.31. The van der Waals surface area contributed by atoms with Gasteiger partial charge in [0.25, 0.3) is 0 Å². The number of hydrogen-bond acceptors (Lipinski definition) is 4. The minimum atomic E-state index is -4.51. The fraction of sp³-hybridized carbons (Fsp3) is 0.600. The molecule has 1 fully saturated rings. The minimum absolute atomic E-state index is 0.0242. The number of alkyl halides is 3. The molecule has 136 valence electrons. The molecule has 0 bridgehead atoms. The maximum atomic E-state index is 12.5. The molecular formula is C15H20F3NO4S. The van der Waals surface area contributed by atoms with E-state index < -0.39 is 27.4 Å². The molecule has 1 aromatic rings. The Labute approximate surface area is 138 Å². The summed E-state index contributed by atoms with van der Waals surface area (Å²) in [6, 6.07) is 3.34. The molecular weight excluding hydrogens is 347 g/mol. The molecule has 0 saturated heterocycles. The second-order valence-corrected chi connectivity index (χ2v) is 7.58. The average Bonchev–Trinajstić information content (AvgIpc) is 3.00. The van der Waals surface area contributed by atoms with Crippen LogP contribution in [0.4, 0.5) is 13.2 Å². The van der Waals surface area contributed by atoms with Gasteiger partial charge in [-0.15, -0.1) is 0 Å². The van der Waals surface area contributed by atoms with E-state index in [0.717, 1.165) is 37.1 Å². The van der Waals surface area contributed by atoms with Crippen LogP contribution in [0.2, 0.25) is 0 Å². The lowest BCUT2D eigenvalue weighted by Crippen LogP contribution is -2.43. The SMILES string of the molecule is O=S(=O)(NCC1(OCCO)CCCC1)c1ccc(C(F)(F)F)cc1. The summed E-state index contributed by atoms with van der Waals surface area (Å²) in [7, 11) is -3.93. The molecule has 0 aliphatic heterocycles. The molecule has 0 heterocycles. The summed E-state index contributed by atoms with van der Waals surface area (Å²) in [6.45, 7) is -0.0221. The van der Waals surface area contributed by atoms with E-state index in [1.807, 2.05) is 0 Å². The Hall–Kier alpha value is -1.16. The number of rotatable bonds is 7. The molecule has 24 heavy (non-hydrogen) atoms. The van der Waals surface area contributed by atoms with E-state index in [4.69, 9.17) is 9.84 Å². The number of benzene rings is 1. The fourth-order valence-corrected chi connectivity index (χ4v) is 3.90. The van der Waals surface area contributed by atoms with Gasteiger partial charge in [0, 0.05) is 6.54 Å². The third-order valence-electron chi connectivity index (χ3n) is 4.09. The second-order valence-electron chi connectivity index (χ2n) is 5.81. The zero-order valence-corrected chi connectivity index (χ0v) is 13.8. The predicted molar refractivity (Wildman–Crippen MR) is 80.9 cm³/mol. The van der Waals surface area contributed by atoms with E-state index in [1.165, 1.54) is 0 Å². The lowest BCUT2D eigenvalue weighted by Gasteiger charge is -2.29. The van der Waals surface area contributed by atoms with Crippen molar-refractivity contribution in [2.24, 2.45) is 0 Å². The van der Waals surface area contributed by atoms with Gasteiger partial charge in [0.2, 0.25) is 10.0 Å². The van der Waals surface area contributed by atoms with Crippen molar-refractivity contribution < 1.29 is 31.4 Å². The molecule has 0 unspecified atom stereocenters. The Morgan fingerprint density at radius 1 is 1.17 bits per heavy atom. The van der Waals surface area contributed by atoms with Crippen molar-refractivity contribution in [2.75, 3.05) is 19.8 Å². The first kappa shape index (κ1) is 19.2. The fourth-order valence-electron chi connectivity index (χ4n) is 2.79. The van der Waals surface area contributed by atoms with Crippen LogP contribution in [0.1, 0.15) is 31.2 Å². The van der Waals surface area contributed by atoms with Gasteiger partial charge in [-0.05, 0) is 37.1 Å². The van der Waals surface area contributed by atoms with Crippen molar-refractivity contribution in [3.05, 3.63) is 29.8 Å². The molecule has 0 aromatic heterocycles. The van der Waals surface area contributed by atoms with E-state index in [2.05, 4.69) is 4.72 Å². The van der Waals surface area contributed by atoms with E-state index in [0.29, 0.717) is 12.8 Å². The van der Waals surface area contributed by atoms with Crippen LogP contribution in [0.25, 0.3) is 0 Å². The van der Waals surface area contributed by atoms with Crippen molar-refractivity contribution in [1.82, 2.24) is 4.72 Å². The van der Waals surface area contributed by atoms with Crippen molar-refractivity contribution in [2.45, 2.75) is 42.4 Å². The van der Waals surface area contributed by atoms with Crippen molar-refractivity contribution in [3.63, 3.8) is 0 Å². The van der Waals surface area contributed by atoms with Crippen LogP contribution in [0.5, 0.6) is 0 Å². The highest BCUT2D eigenvalue weighted by Crippen LogP contribution is 2.33. The van der Waals surface area contributed by atoms with Gasteiger partial charge in [-0.3, -0.25) is 0 Å². The molecule has 1 aromatic carbocycles. The Kier molecular flexibility index (Phi) is 5.90. The molecule has 0 amide bonds. The topological polar surface area (TPSA) is 75.6 Å². The molecule has 1 saturated carbocycles. The highest BCUT2D eigenvalue weighted by atomic mass is 32.2. The van der Waals surface area contributed by atoms with E-state index in [-0.39, 0.29) is 24.7 Å². The molecule has 0 atom stereocenters. The largest absolute Gasteiger partial charge is 0.416 e. The zero-order valence-electron chi connectivity index (χ0n) is 13.0. The average molecular weight is 367 g/mol. The number of halogens is 3. The number of ether oxygens (including phenoxy) is 1. The van der Waals surface area contributed by atoms with Gasteiger partial charge < -0.3 is 9.84 Å². The van der Waals surface area contributed by atoms with Crippen molar-refractivity contribution >= 4 is 10.0 Å². The molecule has 2 rings (SSSR count). The first-order chi connectivity index (χ1) is 11.2. The Balaban J connectivity index is 2.07. The quantitative estimate of drug-likeness (QED) is 0.775. The number of aliphatic hydroxyl groups excluding tert-OH is 1. The van der Waals surface area contributed by atoms with Crippen LogP contribution in [0.3, 0.4) is 0 Å². The summed E-state index contributed by atoms with van der Waals surface area (Å²) in [4.78, 5) is -0.231. The van der Waals surface area contributed by atoms with Gasteiger partial charge in [-0.1, -0.05) is 12.8 Å². The van der Waals surface area contributed by atoms with Gasteiger partial charge in [-0.25, -0.2) is 13.1 Å². The Morgan fingerprint density at radius 2 is 1.75 bits per heavy atom. The number of sulfonamides is 1. The van der Waals surface area contributed by atoms with Gasteiger partial charge in [-0.2, -0.15) is 13.2 Å². The minimum Gasteiger partial charge on any atom is -0.394 e. The molecule has 1 aliphatic rings.